The summed E-state index contributed by atoms with van der Waals surface area (Å²) >= 11 is 2.23. The molecule has 1 atom stereocenters. The van der Waals surface area contributed by atoms with Gasteiger partial charge in [-0.25, -0.2) is 0 Å². The van der Waals surface area contributed by atoms with Crippen molar-refractivity contribution >= 4 is 34.4 Å². The SMILES string of the molecule is CC(Oc1ccc(Oc2ccc(I)cc2)cc1)C(=O)NNC(=O)c1ccccc1. The quantitative estimate of drug-likeness (QED) is 0.389. The number of nitrogens with one attached hydrogen (secondary N) is 2. The summed E-state index contributed by atoms with van der Waals surface area (Å²) < 4.78 is 12.5. The van der Waals surface area contributed by atoms with Gasteiger partial charge in [-0.15, -0.1) is 0 Å². The van der Waals surface area contributed by atoms with Gasteiger partial charge >= 0.3 is 0 Å². The fraction of sp³-hybridized carbons (Fsp3) is 0.0909. The van der Waals surface area contributed by atoms with Crippen LogP contribution in [0.4, 0.5) is 0 Å². The van der Waals surface area contributed by atoms with Crippen LogP contribution < -0.4 is 20.3 Å². The lowest BCUT2D eigenvalue weighted by molar-refractivity contribution is -0.128. The lowest BCUT2D eigenvalue weighted by Gasteiger charge is -2.15. The van der Waals surface area contributed by atoms with Gasteiger partial charge in [-0.3, -0.25) is 20.4 Å². The summed E-state index contributed by atoms with van der Waals surface area (Å²) in [5, 5.41) is 0. The third-order valence-corrected chi connectivity index (χ3v) is 4.61. The Hall–Kier alpha value is -3.07. The number of carbonyl (C=O) groups is 2. The number of hydrazine groups is 1. The molecule has 3 aromatic carbocycles. The summed E-state index contributed by atoms with van der Waals surface area (Å²) in [4.78, 5) is 24.1. The van der Waals surface area contributed by atoms with Gasteiger partial charge in [0.05, 0.1) is 0 Å². The van der Waals surface area contributed by atoms with E-state index in [1.54, 1.807) is 55.5 Å². The topological polar surface area (TPSA) is 76.7 Å². The summed E-state index contributed by atoms with van der Waals surface area (Å²) in [7, 11) is 0. The van der Waals surface area contributed by atoms with Crippen molar-refractivity contribution in [3.63, 3.8) is 0 Å². The fourth-order valence-electron chi connectivity index (χ4n) is 2.36. The van der Waals surface area contributed by atoms with Gasteiger partial charge in [0, 0.05) is 9.13 Å². The number of benzene rings is 3. The lowest BCUT2D eigenvalue weighted by Crippen LogP contribution is -2.47. The van der Waals surface area contributed by atoms with Crippen LogP contribution in [0.15, 0.2) is 78.9 Å². The number of hydrogen-bond donors (Lipinski definition) is 2. The Morgan fingerprint density at radius 2 is 1.34 bits per heavy atom. The van der Waals surface area contributed by atoms with E-state index in [9.17, 15) is 9.59 Å². The first kappa shape index (κ1) is 20.7. The van der Waals surface area contributed by atoms with E-state index in [1.165, 1.54) is 0 Å². The first-order chi connectivity index (χ1) is 14.0. The maximum Gasteiger partial charge on any atom is 0.279 e. The lowest BCUT2D eigenvalue weighted by atomic mass is 10.2. The normalized spacial score (nSPS) is 11.2. The van der Waals surface area contributed by atoms with Gasteiger partial charge in [-0.05, 0) is 90.2 Å². The number of rotatable bonds is 6. The van der Waals surface area contributed by atoms with Crippen molar-refractivity contribution in [2.24, 2.45) is 0 Å². The van der Waals surface area contributed by atoms with Crippen LogP contribution in [-0.2, 0) is 4.79 Å². The van der Waals surface area contributed by atoms with Gasteiger partial charge in [0.25, 0.3) is 11.8 Å². The molecule has 29 heavy (non-hydrogen) atoms. The first-order valence-corrected chi connectivity index (χ1v) is 9.94. The van der Waals surface area contributed by atoms with Gasteiger partial charge in [0.15, 0.2) is 6.10 Å². The molecule has 2 N–H and O–H groups in total. The molecule has 0 aliphatic carbocycles. The number of ether oxygens (including phenoxy) is 2. The van der Waals surface area contributed by atoms with Crippen LogP contribution in [0.1, 0.15) is 17.3 Å². The van der Waals surface area contributed by atoms with Crippen molar-refractivity contribution < 1.29 is 19.1 Å². The van der Waals surface area contributed by atoms with Gasteiger partial charge in [0.2, 0.25) is 0 Å². The minimum atomic E-state index is -0.797. The zero-order valence-electron chi connectivity index (χ0n) is 15.6. The van der Waals surface area contributed by atoms with Crippen LogP contribution in [0.3, 0.4) is 0 Å². The molecule has 0 aliphatic rings. The van der Waals surface area contributed by atoms with Crippen molar-refractivity contribution in [2.75, 3.05) is 0 Å². The summed E-state index contributed by atoms with van der Waals surface area (Å²) in [6.07, 6.45) is -0.797. The highest BCUT2D eigenvalue weighted by atomic mass is 127. The number of halogens is 1. The maximum absolute atomic E-state index is 12.1. The predicted octanol–water partition coefficient (Wildman–Crippen LogP) is 4.31. The maximum atomic E-state index is 12.1. The van der Waals surface area contributed by atoms with Crippen molar-refractivity contribution in [3.8, 4) is 17.2 Å². The van der Waals surface area contributed by atoms with Crippen molar-refractivity contribution in [1.82, 2.24) is 10.9 Å². The van der Waals surface area contributed by atoms with E-state index in [2.05, 4.69) is 33.4 Å². The molecule has 6 nitrogen and oxygen atoms in total. The molecule has 3 aromatic rings. The smallest absolute Gasteiger partial charge is 0.279 e. The Bertz CT molecular complexity index is 960. The molecule has 0 heterocycles. The molecule has 0 fully saturated rings. The van der Waals surface area contributed by atoms with E-state index in [4.69, 9.17) is 9.47 Å². The zero-order chi connectivity index (χ0) is 20.6. The molecule has 7 heteroatoms. The Kier molecular flexibility index (Phi) is 7.07. The number of hydrogen-bond acceptors (Lipinski definition) is 4. The molecule has 0 saturated heterocycles. The van der Waals surface area contributed by atoms with Gasteiger partial charge < -0.3 is 9.47 Å². The van der Waals surface area contributed by atoms with Crippen molar-refractivity contribution in [3.05, 3.63) is 88.0 Å². The zero-order valence-corrected chi connectivity index (χ0v) is 17.8. The highest BCUT2D eigenvalue weighted by molar-refractivity contribution is 14.1. The van der Waals surface area contributed by atoms with E-state index in [-0.39, 0.29) is 0 Å². The van der Waals surface area contributed by atoms with Crippen molar-refractivity contribution in [1.29, 1.82) is 0 Å². The first-order valence-electron chi connectivity index (χ1n) is 8.86. The minimum absolute atomic E-state index is 0.400. The molecule has 148 valence electrons. The third kappa shape index (κ3) is 6.21. The average Bonchev–Trinajstić information content (AvgIpc) is 2.75. The van der Waals surface area contributed by atoms with E-state index >= 15 is 0 Å². The molecule has 0 saturated carbocycles. The minimum Gasteiger partial charge on any atom is -0.481 e. The van der Waals surface area contributed by atoms with Crippen LogP contribution in [0.5, 0.6) is 17.2 Å². The summed E-state index contributed by atoms with van der Waals surface area (Å²) in [6, 6.07) is 23.3. The summed E-state index contributed by atoms with van der Waals surface area (Å²) in [5.41, 5.74) is 5.18. The Labute approximate surface area is 182 Å². The monoisotopic (exact) mass is 502 g/mol. The van der Waals surface area contributed by atoms with Gasteiger partial charge in [0.1, 0.15) is 17.2 Å². The van der Waals surface area contributed by atoms with E-state index in [0.29, 0.717) is 17.1 Å². The Morgan fingerprint density at radius 3 is 1.97 bits per heavy atom. The van der Waals surface area contributed by atoms with Crippen LogP contribution in [0, 0.1) is 3.57 Å². The standard InChI is InChI=1S/C22H19IN2O4/c1-15(21(26)24-25-22(27)16-5-3-2-4-6-16)28-18-11-13-20(14-12-18)29-19-9-7-17(23)8-10-19/h2-15H,1H3,(H,24,26)(H,25,27). The summed E-state index contributed by atoms with van der Waals surface area (Å²) in [5.74, 6) is 1.04. The highest BCUT2D eigenvalue weighted by Crippen LogP contribution is 2.24. The van der Waals surface area contributed by atoms with Crippen LogP contribution in [0.25, 0.3) is 0 Å². The number of carbonyl (C=O) groups excluding carboxylic acids is 2. The molecule has 0 spiro atoms. The largest absolute Gasteiger partial charge is 0.481 e. The van der Waals surface area contributed by atoms with E-state index in [1.807, 2.05) is 30.3 Å². The Morgan fingerprint density at radius 1 is 0.793 bits per heavy atom. The van der Waals surface area contributed by atoms with Crippen LogP contribution in [-0.4, -0.2) is 17.9 Å². The van der Waals surface area contributed by atoms with Gasteiger partial charge in [-0.2, -0.15) is 0 Å². The molecule has 1 unspecified atom stereocenters. The summed E-state index contributed by atoms with van der Waals surface area (Å²) in [6.45, 7) is 1.60. The van der Waals surface area contributed by atoms with E-state index < -0.39 is 17.9 Å². The van der Waals surface area contributed by atoms with Crippen molar-refractivity contribution in [2.45, 2.75) is 13.0 Å². The predicted molar refractivity (Wildman–Crippen MR) is 118 cm³/mol. The van der Waals surface area contributed by atoms with Crippen LogP contribution in [0.2, 0.25) is 0 Å². The Balaban J connectivity index is 1.49. The molecule has 0 bridgehead atoms. The molecular weight excluding hydrogens is 483 g/mol. The number of amides is 2. The van der Waals surface area contributed by atoms with Gasteiger partial charge in [-0.1, -0.05) is 18.2 Å². The van der Waals surface area contributed by atoms with E-state index in [0.717, 1.165) is 9.32 Å². The average molecular weight is 502 g/mol. The second kappa shape index (κ2) is 9.92. The second-order valence-corrected chi connectivity index (χ2v) is 7.34. The second-order valence-electron chi connectivity index (χ2n) is 6.10. The molecule has 2 amide bonds. The molecule has 0 aromatic heterocycles. The van der Waals surface area contributed by atoms with Crippen LogP contribution >= 0.6 is 22.6 Å². The molecular formula is C22H19IN2O4. The fourth-order valence-corrected chi connectivity index (χ4v) is 2.72. The third-order valence-electron chi connectivity index (χ3n) is 3.89. The molecule has 3 rings (SSSR count). The highest BCUT2D eigenvalue weighted by Gasteiger charge is 2.16. The molecule has 0 radical (unpaired) electrons. The molecule has 0 aliphatic heterocycles.